The summed E-state index contributed by atoms with van der Waals surface area (Å²) in [6.07, 6.45) is -1.31. The number of phosphoric ester groups is 1. The molecule has 0 radical (unpaired) electrons. The average molecular weight is 535 g/mol. The fraction of sp³-hybridized carbons (Fsp3) is 0.579. The number of benzene rings is 1. The summed E-state index contributed by atoms with van der Waals surface area (Å²) in [6, 6.07) is 2.03. The van der Waals surface area contributed by atoms with Crippen molar-refractivity contribution in [2.45, 2.75) is 31.5 Å². The number of hydrogen-bond acceptors (Lipinski definition) is 7. The van der Waals surface area contributed by atoms with Gasteiger partial charge >= 0.3 is 51.7 Å². The summed E-state index contributed by atoms with van der Waals surface area (Å²) in [7, 11) is -3.44. The average Bonchev–Trinajstić information content (AvgIpc) is 3.07. The SMILES string of the molecule is COCC1(OP(=O)(O)O)CCN(c2c(F)cc(N3C[C@H](CNC(C)=O)OC3=O)cc2F)CC1.[CaH2]. The third-order valence-corrected chi connectivity index (χ3v) is 6.10. The first-order chi connectivity index (χ1) is 15.4. The fourth-order valence-corrected chi connectivity index (χ4v) is 4.76. The Morgan fingerprint density at radius 1 is 1.29 bits per heavy atom. The number of rotatable bonds is 8. The first-order valence-corrected chi connectivity index (χ1v) is 11.7. The van der Waals surface area contributed by atoms with Crippen molar-refractivity contribution in [3.05, 3.63) is 23.8 Å². The number of nitrogens with zero attached hydrogens (tertiary/aromatic N) is 2. The minimum absolute atomic E-state index is 0. The number of amides is 2. The molecule has 1 aromatic rings. The molecule has 1 aromatic carbocycles. The summed E-state index contributed by atoms with van der Waals surface area (Å²) >= 11 is 0. The summed E-state index contributed by atoms with van der Waals surface area (Å²) in [5.41, 5.74) is -1.62. The van der Waals surface area contributed by atoms with Gasteiger partial charge in [-0.25, -0.2) is 18.1 Å². The topological polar surface area (TPSA) is 138 Å². The number of ether oxygens (including phenoxy) is 2. The first-order valence-electron chi connectivity index (χ1n) is 10.1. The van der Waals surface area contributed by atoms with Crippen molar-refractivity contribution in [1.29, 1.82) is 0 Å². The van der Waals surface area contributed by atoms with Gasteiger partial charge in [0, 0.05) is 39.3 Å². The molecule has 15 heteroatoms. The molecular formula is C19H28CaF2N3O8P. The van der Waals surface area contributed by atoms with E-state index in [9.17, 15) is 32.7 Å². The van der Waals surface area contributed by atoms with E-state index in [4.69, 9.17) is 14.0 Å². The van der Waals surface area contributed by atoms with Crippen LogP contribution in [-0.4, -0.2) is 111 Å². The van der Waals surface area contributed by atoms with Crippen LogP contribution in [0.5, 0.6) is 0 Å². The van der Waals surface area contributed by atoms with E-state index in [1.807, 2.05) is 0 Å². The van der Waals surface area contributed by atoms with Crippen LogP contribution < -0.4 is 15.1 Å². The molecule has 0 bridgehead atoms. The van der Waals surface area contributed by atoms with Gasteiger partial charge in [0.1, 0.15) is 17.4 Å². The first kappa shape index (κ1) is 29.2. The van der Waals surface area contributed by atoms with Crippen LogP contribution in [0.4, 0.5) is 25.0 Å². The van der Waals surface area contributed by atoms with Gasteiger partial charge in [0.05, 0.1) is 25.4 Å². The van der Waals surface area contributed by atoms with Gasteiger partial charge in [-0.15, -0.1) is 0 Å². The molecule has 2 fully saturated rings. The van der Waals surface area contributed by atoms with Crippen molar-refractivity contribution in [1.82, 2.24) is 5.32 Å². The summed E-state index contributed by atoms with van der Waals surface area (Å²) in [6.45, 7) is 1.43. The van der Waals surface area contributed by atoms with Gasteiger partial charge < -0.3 is 29.5 Å². The van der Waals surface area contributed by atoms with E-state index in [1.54, 1.807) is 0 Å². The van der Waals surface area contributed by atoms with E-state index in [-0.39, 0.29) is 101 Å². The Morgan fingerprint density at radius 3 is 2.38 bits per heavy atom. The zero-order chi connectivity index (χ0) is 24.4. The molecule has 0 spiro atoms. The van der Waals surface area contributed by atoms with Crippen molar-refractivity contribution in [3.8, 4) is 0 Å². The Labute approximate surface area is 224 Å². The maximum atomic E-state index is 14.9. The van der Waals surface area contributed by atoms with E-state index in [0.29, 0.717) is 0 Å². The van der Waals surface area contributed by atoms with Crippen LogP contribution in [0.2, 0.25) is 0 Å². The maximum absolute atomic E-state index is 14.9. The molecule has 1 atom stereocenters. The molecule has 2 saturated heterocycles. The number of hydrogen-bond donors (Lipinski definition) is 3. The van der Waals surface area contributed by atoms with E-state index < -0.39 is 37.3 Å². The van der Waals surface area contributed by atoms with Crippen molar-refractivity contribution in [2.75, 3.05) is 49.7 Å². The quantitative estimate of drug-likeness (QED) is 0.323. The Morgan fingerprint density at radius 2 is 1.88 bits per heavy atom. The Bertz CT molecular complexity index is 934. The van der Waals surface area contributed by atoms with Gasteiger partial charge in [0.2, 0.25) is 5.91 Å². The zero-order valence-electron chi connectivity index (χ0n) is 18.1. The summed E-state index contributed by atoms with van der Waals surface area (Å²) < 4.78 is 56.3. The van der Waals surface area contributed by atoms with Crippen molar-refractivity contribution in [2.24, 2.45) is 0 Å². The van der Waals surface area contributed by atoms with Crippen molar-refractivity contribution < 1.29 is 46.7 Å². The van der Waals surface area contributed by atoms with Crippen LogP contribution >= 0.6 is 7.82 Å². The number of methoxy groups -OCH3 is 1. The number of carbonyl (C=O) groups is 2. The van der Waals surface area contributed by atoms with Crippen LogP contribution in [0.1, 0.15) is 19.8 Å². The van der Waals surface area contributed by atoms with E-state index in [2.05, 4.69) is 5.32 Å². The van der Waals surface area contributed by atoms with Crippen LogP contribution in [0.25, 0.3) is 0 Å². The number of nitrogens with one attached hydrogen (secondary N) is 1. The van der Waals surface area contributed by atoms with E-state index >= 15 is 0 Å². The molecule has 3 rings (SSSR count). The monoisotopic (exact) mass is 535 g/mol. The van der Waals surface area contributed by atoms with Crippen molar-refractivity contribution in [3.63, 3.8) is 0 Å². The van der Waals surface area contributed by atoms with Crippen LogP contribution in [-0.2, 0) is 23.4 Å². The van der Waals surface area contributed by atoms with Gasteiger partial charge in [0.15, 0.2) is 11.6 Å². The van der Waals surface area contributed by atoms with Crippen molar-refractivity contribution >= 4 is 68.9 Å². The second kappa shape index (κ2) is 11.8. The summed E-state index contributed by atoms with van der Waals surface area (Å²) in [4.78, 5) is 44.1. The molecule has 2 heterocycles. The van der Waals surface area contributed by atoms with Gasteiger partial charge in [0.25, 0.3) is 0 Å². The molecule has 11 nitrogen and oxygen atoms in total. The number of cyclic esters (lactones) is 1. The standard InChI is InChI=1S/C19H26F2N3O8P.Ca.2H/c1-12(25)22-9-14-10-24(18(26)31-14)13-7-15(20)17(16(21)8-13)23-5-3-19(4-6-23,11-30-2)32-33(27,28)29;;;/h7-8,14H,3-6,9-11H2,1-2H3,(H,22,25)(H2,27,28,29);;;/t14-;;;/m0.../s1. The number of halogens is 2. The minimum atomic E-state index is -4.80. The Balaban J connectivity index is 0.00000408. The van der Waals surface area contributed by atoms with E-state index in [0.717, 1.165) is 17.0 Å². The normalized spacial score (nSPS) is 20.1. The van der Waals surface area contributed by atoms with Crippen LogP contribution in [0.15, 0.2) is 12.1 Å². The third-order valence-electron chi connectivity index (χ3n) is 5.48. The zero-order valence-corrected chi connectivity index (χ0v) is 19.0. The number of anilines is 2. The number of carbonyl (C=O) groups excluding carboxylic acids is 2. The Hall–Kier alpha value is -1.05. The number of piperidine rings is 1. The predicted molar refractivity (Wildman–Crippen MR) is 120 cm³/mol. The fourth-order valence-electron chi connectivity index (χ4n) is 4.02. The van der Waals surface area contributed by atoms with Gasteiger partial charge in [-0.1, -0.05) is 0 Å². The third kappa shape index (κ3) is 7.23. The Kier molecular flexibility index (Phi) is 10.1. The molecule has 2 aliphatic rings. The summed E-state index contributed by atoms with van der Waals surface area (Å²) in [5.74, 6) is -2.11. The van der Waals surface area contributed by atoms with Gasteiger partial charge in [-0.3, -0.25) is 14.2 Å². The molecular weight excluding hydrogens is 507 g/mol. The number of phosphoric acid groups is 1. The molecule has 188 valence electrons. The predicted octanol–water partition coefficient (Wildman–Crippen LogP) is 0.605. The molecule has 3 N–H and O–H groups in total. The molecule has 0 unspecified atom stereocenters. The molecule has 34 heavy (non-hydrogen) atoms. The molecule has 0 aliphatic carbocycles. The molecule has 2 aliphatic heterocycles. The van der Waals surface area contributed by atoms with Gasteiger partial charge in [-0.2, -0.15) is 0 Å². The van der Waals surface area contributed by atoms with E-state index in [1.165, 1.54) is 18.9 Å². The second-order valence-corrected chi connectivity index (χ2v) is 9.16. The molecule has 2 amide bonds. The van der Waals surface area contributed by atoms with Crippen LogP contribution in [0, 0.1) is 11.6 Å². The molecule has 0 aromatic heterocycles. The molecule has 0 saturated carbocycles. The van der Waals surface area contributed by atoms with Crippen LogP contribution in [0.3, 0.4) is 0 Å². The second-order valence-electron chi connectivity index (χ2n) is 8.00. The van der Waals surface area contributed by atoms with Gasteiger partial charge in [-0.05, 0) is 12.8 Å². The summed E-state index contributed by atoms with van der Waals surface area (Å²) in [5, 5.41) is 2.52.